The van der Waals surface area contributed by atoms with E-state index in [0.717, 1.165) is 22.6 Å². The Morgan fingerprint density at radius 1 is 1.08 bits per heavy atom. The molecule has 0 unspecified atom stereocenters. The van der Waals surface area contributed by atoms with Crippen molar-refractivity contribution < 1.29 is 4.79 Å². The number of anilines is 1. The van der Waals surface area contributed by atoms with Crippen LogP contribution in [0.2, 0.25) is 0 Å². The van der Waals surface area contributed by atoms with Gasteiger partial charge in [-0.15, -0.1) is 10.2 Å². The second-order valence-corrected chi connectivity index (χ2v) is 7.39. The molecule has 1 aromatic heterocycles. The number of nitrogens with zero attached hydrogens (tertiary/aromatic N) is 3. The zero-order valence-electron chi connectivity index (χ0n) is 14.5. The first-order chi connectivity index (χ1) is 12.6. The summed E-state index contributed by atoms with van der Waals surface area (Å²) in [4.78, 5) is 13.0. The Morgan fingerprint density at radius 2 is 1.81 bits per heavy atom. The maximum atomic E-state index is 13.0. The van der Waals surface area contributed by atoms with Gasteiger partial charge in [0, 0.05) is 5.69 Å². The number of fused-ring (bicyclic) bond motifs is 1. The molecule has 2 N–H and O–H groups in total. The normalized spacial score (nSPS) is 18.7. The summed E-state index contributed by atoms with van der Waals surface area (Å²) in [6.45, 7) is 3.91. The van der Waals surface area contributed by atoms with E-state index in [9.17, 15) is 4.79 Å². The van der Waals surface area contributed by atoms with E-state index in [0.29, 0.717) is 5.16 Å². The van der Waals surface area contributed by atoms with Gasteiger partial charge in [-0.25, -0.2) is 4.68 Å². The topological polar surface area (TPSA) is 71.8 Å². The zero-order valence-corrected chi connectivity index (χ0v) is 15.3. The van der Waals surface area contributed by atoms with Gasteiger partial charge >= 0.3 is 0 Å². The molecule has 132 valence electrons. The lowest BCUT2D eigenvalue weighted by Crippen LogP contribution is -2.41. The van der Waals surface area contributed by atoms with Crippen molar-refractivity contribution in [3.05, 3.63) is 71.5 Å². The second-order valence-electron chi connectivity index (χ2n) is 6.28. The number of benzene rings is 2. The van der Waals surface area contributed by atoms with Gasteiger partial charge in [0.15, 0.2) is 0 Å². The molecule has 0 radical (unpaired) electrons. The molecule has 2 aromatic carbocycles. The molecule has 0 spiro atoms. The molecule has 2 heterocycles. The molecular weight excluding hydrogens is 346 g/mol. The molecular formula is C19H19N5OS. The highest BCUT2D eigenvalue weighted by Crippen LogP contribution is 2.37. The number of aryl methyl sites for hydroxylation is 2. The largest absolute Gasteiger partial charge is 0.325 e. The Morgan fingerprint density at radius 3 is 2.54 bits per heavy atom. The fourth-order valence-corrected chi connectivity index (χ4v) is 4.05. The van der Waals surface area contributed by atoms with Crippen molar-refractivity contribution in [1.82, 2.24) is 14.9 Å². The molecule has 3 aromatic rings. The van der Waals surface area contributed by atoms with Crippen LogP contribution in [-0.2, 0) is 4.79 Å². The van der Waals surface area contributed by atoms with Crippen molar-refractivity contribution in [2.24, 2.45) is 0 Å². The molecule has 0 fully saturated rings. The van der Waals surface area contributed by atoms with Gasteiger partial charge in [0.05, 0.1) is 6.04 Å². The third-order valence-electron chi connectivity index (χ3n) is 4.33. The lowest BCUT2D eigenvalue weighted by Gasteiger charge is -2.32. The van der Waals surface area contributed by atoms with Gasteiger partial charge in [-0.1, -0.05) is 59.8 Å². The van der Waals surface area contributed by atoms with Gasteiger partial charge in [0.25, 0.3) is 0 Å². The van der Waals surface area contributed by atoms with Gasteiger partial charge in [-0.2, -0.15) is 0 Å². The molecule has 4 rings (SSSR count). The van der Waals surface area contributed by atoms with E-state index in [2.05, 4.69) is 20.9 Å². The lowest BCUT2D eigenvalue weighted by atomic mass is 10.0. The first-order valence-electron chi connectivity index (χ1n) is 8.39. The van der Waals surface area contributed by atoms with Crippen molar-refractivity contribution in [3.63, 3.8) is 0 Å². The molecule has 0 bridgehead atoms. The molecule has 0 aliphatic carbocycles. The highest BCUT2D eigenvalue weighted by Gasteiger charge is 2.37. The quantitative estimate of drug-likeness (QED) is 0.745. The molecule has 1 amide bonds. The van der Waals surface area contributed by atoms with Crippen LogP contribution in [0.25, 0.3) is 0 Å². The minimum atomic E-state index is -0.366. The van der Waals surface area contributed by atoms with Crippen LogP contribution in [0.4, 0.5) is 5.69 Å². The van der Waals surface area contributed by atoms with Crippen LogP contribution in [0, 0.1) is 13.8 Å². The molecule has 7 heteroatoms. The van der Waals surface area contributed by atoms with Crippen LogP contribution in [0.1, 0.15) is 23.0 Å². The number of aromatic nitrogens is 3. The smallest absolute Gasteiger partial charge is 0.240 e. The molecule has 0 saturated heterocycles. The summed E-state index contributed by atoms with van der Waals surface area (Å²) in [6.07, 6.45) is 0. The number of thioether (sulfide) groups is 1. The molecule has 0 saturated carbocycles. The van der Waals surface area contributed by atoms with Gasteiger partial charge in [0.2, 0.25) is 11.1 Å². The average molecular weight is 365 g/mol. The molecule has 26 heavy (non-hydrogen) atoms. The predicted molar refractivity (Wildman–Crippen MR) is 103 cm³/mol. The number of rotatable bonds is 3. The summed E-state index contributed by atoms with van der Waals surface area (Å²) in [6, 6.07) is 17.6. The van der Waals surface area contributed by atoms with Crippen LogP contribution in [0.5, 0.6) is 0 Å². The number of hydrogen-bond donors (Lipinski definition) is 2. The van der Waals surface area contributed by atoms with Crippen molar-refractivity contribution in [2.45, 2.75) is 30.3 Å². The maximum absolute atomic E-state index is 13.0. The van der Waals surface area contributed by atoms with E-state index in [4.69, 9.17) is 0 Å². The Balaban J connectivity index is 1.64. The summed E-state index contributed by atoms with van der Waals surface area (Å²) in [5.41, 5.74) is 6.38. The van der Waals surface area contributed by atoms with E-state index in [1.54, 1.807) is 0 Å². The molecule has 2 atom stereocenters. The Hall–Kier alpha value is -2.80. The Bertz CT molecular complexity index is 923. The number of hydrogen-bond acceptors (Lipinski definition) is 5. The van der Waals surface area contributed by atoms with Gasteiger partial charge in [-0.3, -0.25) is 4.79 Å². The predicted octanol–water partition coefficient (Wildman–Crippen LogP) is 3.29. The highest BCUT2D eigenvalue weighted by molar-refractivity contribution is 8.00. The summed E-state index contributed by atoms with van der Waals surface area (Å²) in [5.74, 6) is 0.706. The highest BCUT2D eigenvalue weighted by atomic mass is 32.2. The maximum Gasteiger partial charge on any atom is 0.240 e. The first-order valence-corrected chi connectivity index (χ1v) is 9.27. The van der Waals surface area contributed by atoms with Crippen LogP contribution in [0.15, 0.2) is 59.8 Å². The summed E-state index contributed by atoms with van der Waals surface area (Å²) < 4.78 is 1.85. The summed E-state index contributed by atoms with van der Waals surface area (Å²) >= 11 is 1.43. The van der Waals surface area contributed by atoms with Crippen LogP contribution in [-0.4, -0.2) is 26.0 Å². The average Bonchev–Trinajstić information content (AvgIpc) is 3.03. The van der Waals surface area contributed by atoms with E-state index < -0.39 is 0 Å². The fourth-order valence-electron chi connectivity index (χ4n) is 2.92. The van der Waals surface area contributed by atoms with Gasteiger partial charge in [-0.05, 0) is 31.5 Å². The van der Waals surface area contributed by atoms with Crippen LogP contribution < -0.4 is 10.7 Å². The standard InChI is InChI=1S/C19H19N5OS/c1-12-8-10-15(11-9-12)20-18(25)17-16(14-6-4-3-5-7-14)23-24-13(2)21-22-19(24)26-17/h3-11,16-17,23H,1-2H3,(H,20,25)/t16-,17-/m1/s1. The van der Waals surface area contributed by atoms with Gasteiger partial charge < -0.3 is 10.7 Å². The van der Waals surface area contributed by atoms with Crippen LogP contribution >= 0.6 is 11.8 Å². The summed E-state index contributed by atoms with van der Waals surface area (Å²) in [5, 5.41) is 11.6. The summed E-state index contributed by atoms with van der Waals surface area (Å²) in [7, 11) is 0. The van der Waals surface area contributed by atoms with E-state index >= 15 is 0 Å². The fraction of sp³-hybridized carbons (Fsp3) is 0.211. The lowest BCUT2D eigenvalue weighted by molar-refractivity contribution is -0.116. The van der Waals surface area contributed by atoms with Crippen molar-refractivity contribution in [1.29, 1.82) is 0 Å². The van der Waals surface area contributed by atoms with Gasteiger partial charge in [0.1, 0.15) is 11.1 Å². The Labute approximate surface area is 156 Å². The molecule has 6 nitrogen and oxygen atoms in total. The number of carbonyl (C=O) groups excluding carboxylic acids is 1. The van der Waals surface area contributed by atoms with Crippen molar-refractivity contribution in [3.8, 4) is 0 Å². The number of nitrogens with one attached hydrogen (secondary N) is 2. The van der Waals surface area contributed by atoms with E-state index in [-0.39, 0.29) is 17.2 Å². The SMILES string of the molecule is Cc1ccc(NC(=O)[C@@H]2Sc3nnc(C)n3N[C@@H]2c2ccccc2)cc1. The second kappa shape index (κ2) is 6.84. The number of carbonyl (C=O) groups is 1. The van der Waals surface area contributed by atoms with Crippen molar-refractivity contribution in [2.75, 3.05) is 10.7 Å². The third kappa shape index (κ3) is 3.17. The van der Waals surface area contributed by atoms with Crippen LogP contribution in [0.3, 0.4) is 0 Å². The number of amides is 1. The zero-order chi connectivity index (χ0) is 18.1. The van der Waals surface area contributed by atoms with Crippen molar-refractivity contribution >= 4 is 23.4 Å². The monoisotopic (exact) mass is 365 g/mol. The molecule has 1 aliphatic heterocycles. The minimum Gasteiger partial charge on any atom is -0.325 e. The van der Waals surface area contributed by atoms with E-state index in [1.165, 1.54) is 11.8 Å². The minimum absolute atomic E-state index is 0.0629. The first kappa shape index (κ1) is 16.7. The Kier molecular flexibility index (Phi) is 4.38. The van der Waals surface area contributed by atoms with E-state index in [1.807, 2.05) is 73.1 Å². The molecule has 1 aliphatic rings. The third-order valence-corrected chi connectivity index (χ3v) is 5.55.